The first-order valence-corrected chi connectivity index (χ1v) is 9.26. The molecule has 0 saturated carbocycles. The molecule has 4 aliphatic rings. The van der Waals surface area contributed by atoms with Crippen molar-refractivity contribution in [2.24, 2.45) is 0 Å². The molecular formula is C18H18I2. The normalized spacial score (nSPS) is 14.2. The van der Waals surface area contributed by atoms with E-state index < -0.39 is 0 Å². The molecule has 0 atom stereocenters. The van der Waals surface area contributed by atoms with E-state index in [0.717, 1.165) is 25.7 Å². The molecule has 2 aromatic rings. The Hall–Kier alpha value is -0.100. The number of rotatable bonds is 0. The van der Waals surface area contributed by atoms with Crippen molar-refractivity contribution >= 4 is 45.2 Å². The van der Waals surface area contributed by atoms with Gasteiger partial charge in [0.2, 0.25) is 0 Å². The summed E-state index contributed by atoms with van der Waals surface area (Å²) in [5, 5.41) is 0. The lowest BCUT2D eigenvalue weighted by atomic mass is 9.92. The molecule has 2 heteroatoms. The average Bonchev–Trinajstić information content (AvgIpc) is 2.40. The van der Waals surface area contributed by atoms with Gasteiger partial charge >= 0.3 is 0 Å². The van der Waals surface area contributed by atoms with Crippen molar-refractivity contribution in [3.8, 4) is 0 Å². The molecule has 4 aliphatic carbocycles. The molecule has 0 radical (unpaired) electrons. The Morgan fingerprint density at radius 1 is 0.600 bits per heavy atom. The molecule has 104 valence electrons. The van der Waals surface area contributed by atoms with Crippen LogP contribution in [0.1, 0.15) is 33.4 Å². The zero-order valence-electron chi connectivity index (χ0n) is 11.9. The van der Waals surface area contributed by atoms with Gasteiger partial charge in [0.15, 0.2) is 0 Å². The zero-order chi connectivity index (χ0) is 14.3. The first kappa shape index (κ1) is 14.8. The van der Waals surface area contributed by atoms with Crippen LogP contribution in [0.15, 0.2) is 24.3 Å². The summed E-state index contributed by atoms with van der Waals surface area (Å²) in [6.07, 6.45) is 4.60. The van der Waals surface area contributed by atoms with Crippen molar-refractivity contribution in [1.82, 2.24) is 0 Å². The van der Waals surface area contributed by atoms with Crippen LogP contribution >= 0.6 is 45.2 Å². The number of hydrogen-bond acceptors (Lipinski definition) is 0. The van der Waals surface area contributed by atoms with E-state index in [1.807, 2.05) is 0 Å². The van der Waals surface area contributed by atoms with E-state index in [0.29, 0.717) is 0 Å². The first-order valence-electron chi connectivity index (χ1n) is 7.10. The largest absolute Gasteiger partial charge is 0.0548 e. The van der Waals surface area contributed by atoms with E-state index >= 15 is 0 Å². The third kappa shape index (κ3) is 2.91. The van der Waals surface area contributed by atoms with Crippen LogP contribution in [0.4, 0.5) is 0 Å². The van der Waals surface area contributed by atoms with Gasteiger partial charge < -0.3 is 0 Å². The van der Waals surface area contributed by atoms with E-state index in [-0.39, 0.29) is 0 Å². The highest BCUT2D eigenvalue weighted by atomic mass is 127. The molecule has 0 N–H and O–H groups in total. The van der Waals surface area contributed by atoms with Gasteiger partial charge in [-0.05, 0) is 130 Å². The summed E-state index contributed by atoms with van der Waals surface area (Å²) in [6.45, 7) is 4.53. The second kappa shape index (κ2) is 5.95. The van der Waals surface area contributed by atoms with Gasteiger partial charge in [-0.3, -0.25) is 0 Å². The van der Waals surface area contributed by atoms with E-state index in [9.17, 15) is 0 Å². The minimum atomic E-state index is 1.15. The van der Waals surface area contributed by atoms with Gasteiger partial charge in [-0.25, -0.2) is 0 Å². The van der Waals surface area contributed by atoms with Crippen molar-refractivity contribution in [1.29, 1.82) is 0 Å². The summed E-state index contributed by atoms with van der Waals surface area (Å²) in [5.74, 6) is 0. The van der Waals surface area contributed by atoms with Crippen LogP contribution < -0.4 is 0 Å². The second-order valence-corrected chi connectivity index (χ2v) is 8.06. The van der Waals surface area contributed by atoms with Crippen molar-refractivity contribution in [2.45, 2.75) is 39.5 Å². The quantitative estimate of drug-likeness (QED) is 0.436. The molecule has 0 nitrogen and oxygen atoms in total. The molecule has 20 heavy (non-hydrogen) atoms. The molecule has 0 spiro atoms. The van der Waals surface area contributed by atoms with E-state index in [2.05, 4.69) is 83.3 Å². The van der Waals surface area contributed by atoms with Gasteiger partial charge in [0.1, 0.15) is 0 Å². The van der Waals surface area contributed by atoms with Crippen molar-refractivity contribution in [2.75, 3.05) is 0 Å². The number of halogens is 2. The van der Waals surface area contributed by atoms with Gasteiger partial charge in [-0.1, -0.05) is 12.1 Å². The Balaban J connectivity index is 2.11. The fourth-order valence-electron chi connectivity index (χ4n) is 3.03. The van der Waals surface area contributed by atoms with Crippen LogP contribution in [0.2, 0.25) is 0 Å². The monoisotopic (exact) mass is 488 g/mol. The smallest absolute Gasteiger partial charge is 0.0165 e. The van der Waals surface area contributed by atoms with Crippen LogP contribution in [-0.2, 0) is 25.7 Å². The van der Waals surface area contributed by atoms with Crippen LogP contribution in [0.3, 0.4) is 0 Å². The maximum absolute atomic E-state index is 2.50. The summed E-state index contributed by atoms with van der Waals surface area (Å²) in [7, 11) is 0. The lowest BCUT2D eigenvalue weighted by Crippen LogP contribution is -2.05. The Bertz CT molecular complexity index is 553. The SMILES string of the molecule is Cc1cc2c(I)cc1CCc1cc(C)c(cc1I)CC2. The highest BCUT2D eigenvalue weighted by Crippen LogP contribution is 2.26. The van der Waals surface area contributed by atoms with Gasteiger partial charge in [0.05, 0.1) is 0 Å². The van der Waals surface area contributed by atoms with Gasteiger partial charge in [0.25, 0.3) is 0 Å². The summed E-state index contributed by atoms with van der Waals surface area (Å²) in [4.78, 5) is 0. The molecular weight excluding hydrogens is 470 g/mol. The molecule has 2 aromatic carbocycles. The van der Waals surface area contributed by atoms with E-state index in [1.54, 1.807) is 0 Å². The Kier molecular flexibility index (Phi) is 4.41. The van der Waals surface area contributed by atoms with Crippen molar-refractivity contribution in [3.63, 3.8) is 0 Å². The molecule has 0 aromatic heterocycles. The average molecular weight is 488 g/mol. The predicted molar refractivity (Wildman–Crippen MR) is 103 cm³/mol. The zero-order valence-corrected chi connectivity index (χ0v) is 16.2. The molecule has 0 amide bonds. The lowest BCUT2D eigenvalue weighted by molar-refractivity contribution is 0.894. The topological polar surface area (TPSA) is 0 Å². The van der Waals surface area contributed by atoms with Crippen LogP contribution in [-0.4, -0.2) is 0 Å². The van der Waals surface area contributed by atoms with Crippen LogP contribution in [0.5, 0.6) is 0 Å². The fourth-order valence-corrected chi connectivity index (χ4v) is 4.63. The second-order valence-electron chi connectivity index (χ2n) is 5.74. The first-order chi connectivity index (χ1) is 9.54. The summed E-state index contributed by atoms with van der Waals surface area (Å²) in [5.41, 5.74) is 8.95. The van der Waals surface area contributed by atoms with Crippen LogP contribution in [0.25, 0.3) is 0 Å². The summed E-state index contributed by atoms with van der Waals surface area (Å²) in [6, 6.07) is 9.62. The van der Waals surface area contributed by atoms with Crippen molar-refractivity contribution < 1.29 is 0 Å². The Morgan fingerprint density at radius 3 is 1.35 bits per heavy atom. The van der Waals surface area contributed by atoms with Gasteiger partial charge in [-0.2, -0.15) is 0 Å². The maximum Gasteiger partial charge on any atom is 0.0165 e. The van der Waals surface area contributed by atoms with Gasteiger partial charge in [-0.15, -0.1) is 0 Å². The molecule has 6 rings (SSSR count). The van der Waals surface area contributed by atoms with Gasteiger partial charge in [0, 0.05) is 7.14 Å². The molecule has 0 fully saturated rings. The minimum absolute atomic E-state index is 1.15. The number of hydrogen-bond donors (Lipinski definition) is 0. The highest BCUT2D eigenvalue weighted by molar-refractivity contribution is 14.1. The summed E-state index contributed by atoms with van der Waals surface area (Å²) < 4.78 is 2.87. The lowest BCUT2D eigenvalue weighted by Gasteiger charge is -2.17. The Morgan fingerprint density at radius 2 is 0.950 bits per heavy atom. The van der Waals surface area contributed by atoms with Crippen LogP contribution in [0, 0.1) is 21.0 Å². The maximum atomic E-state index is 2.50. The molecule has 0 saturated heterocycles. The highest BCUT2D eigenvalue weighted by Gasteiger charge is 2.12. The van der Waals surface area contributed by atoms with Crippen molar-refractivity contribution in [3.05, 3.63) is 64.8 Å². The molecule has 4 bridgehead atoms. The fraction of sp³-hybridized carbons (Fsp3) is 0.333. The summed E-state index contributed by atoms with van der Waals surface area (Å²) >= 11 is 5.01. The molecule has 0 aliphatic heterocycles. The van der Waals surface area contributed by atoms with E-state index in [4.69, 9.17) is 0 Å². The molecule has 0 heterocycles. The number of aryl methyl sites for hydroxylation is 6. The number of benzene rings is 2. The Labute approximate surface area is 148 Å². The third-order valence-electron chi connectivity index (χ3n) is 4.34. The molecule has 0 unspecified atom stereocenters. The van der Waals surface area contributed by atoms with E-state index in [1.165, 1.54) is 40.5 Å². The third-order valence-corrected chi connectivity index (χ3v) is 6.35. The standard InChI is InChI=1S/C18H18I2/c1-11-7-15-6-4-14-10-18(20)16(8-12(14)2)5-3-13(11)9-17(15)19/h7-10H,3-6H2,1-2H3. The minimum Gasteiger partial charge on any atom is -0.0548 e. The predicted octanol–water partition coefficient (Wildman–Crippen LogP) is 5.40.